The van der Waals surface area contributed by atoms with Gasteiger partial charge in [-0.1, -0.05) is 159 Å². The number of hydrogen-bond donors (Lipinski definition) is 0. The van der Waals surface area contributed by atoms with Gasteiger partial charge in [0.25, 0.3) is 0 Å². The van der Waals surface area contributed by atoms with E-state index in [0.717, 1.165) is 72.1 Å². The monoisotopic (exact) mass is 769 g/mol. The van der Waals surface area contributed by atoms with E-state index in [-0.39, 0.29) is 5.41 Å². The zero-order valence-corrected chi connectivity index (χ0v) is 33.3. The maximum atomic E-state index is 6.41. The lowest BCUT2D eigenvalue weighted by atomic mass is 9.78. The van der Waals surface area contributed by atoms with E-state index < -0.39 is 0 Å². The summed E-state index contributed by atoms with van der Waals surface area (Å²) in [6.07, 6.45) is 0. The molecule has 0 aliphatic heterocycles. The maximum absolute atomic E-state index is 6.41. The first kappa shape index (κ1) is 34.4. The van der Waals surface area contributed by atoms with Crippen molar-refractivity contribution in [1.29, 1.82) is 0 Å². The van der Waals surface area contributed by atoms with E-state index in [4.69, 9.17) is 8.83 Å². The fourth-order valence-corrected chi connectivity index (χ4v) is 9.79. The van der Waals surface area contributed by atoms with Crippen LogP contribution in [0, 0.1) is 0 Å². The molecule has 11 aromatic rings. The quantitative estimate of drug-likeness (QED) is 0.169. The second-order valence-corrected chi connectivity index (χ2v) is 16.5. The summed E-state index contributed by atoms with van der Waals surface area (Å²) in [4.78, 5) is 2.39. The van der Waals surface area contributed by atoms with Gasteiger partial charge in [0.15, 0.2) is 0 Å². The number of hydrogen-bond acceptors (Lipinski definition) is 3. The number of benzene rings is 9. The summed E-state index contributed by atoms with van der Waals surface area (Å²) in [5.41, 5.74) is 19.0. The van der Waals surface area contributed by atoms with Gasteiger partial charge in [0.2, 0.25) is 0 Å². The number of fused-ring (bicyclic) bond motifs is 9. The van der Waals surface area contributed by atoms with Gasteiger partial charge >= 0.3 is 0 Å². The normalized spacial score (nSPS) is 13.0. The van der Waals surface area contributed by atoms with Crippen LogP contribution in [0.15, 0.2) is 209 Å². The van der Waals surface area contributed by atoms with Crippen LogP contribution in [0.2, 0.25) is 0 Å². The van der Waals surface area contributed by atoms with Crippen molar-refractivity contribution >= 4 is 60.9 Å². The van der Waals surface area contributed by atoms with Crippen LogP contribution in [0.1, 0.15) is 25.0 Å². The SMILES string of the molecule is CC1(C)c2cc(N(c3ccc(-c4ccccc4)cc3)c3ccc4oc5ccccc5c4c3)ccc2-c2cccc(-c3ccc(-c4cccc5c4oc4ccccc45)cc3)c21. The van der Waals surface area contributed by atoms with Crippen molar-refractivity contribution in [2.75, 3.05) is 4.90 Å². The Bertz CT molecular complexity index is 3440. The second kappa shape index (κ2) is 13.2. The molecular formula is C57H39NO2. The summed E-state index contributed by atoms with van der Waals surface area (Å²) in [6.45, 7) is 4.76. The zero-order chi connectivity index (χ0) is 40.0. The molecule has 284 valence electrons. The van der Waals surface area contributed by atoms with Gasteiger partial charge in [-0.2, -0.15) is 0 Å². The second-order valence-electron chi connectivity index (χ2n) is 16.5. The molecule has 9 aromatic carbocycles. The van der Waals surface area contributed by atoms with Gasteiger partial charge in [-0.05, 0) is 105 Å². The molecule has 3 heteroatoms. The third kappa shape index (κ3) is 5.29. The van der Waals surface area contributed by atoms with Crippen LogP contribution in [0.4, 0.5) is 17.1 Å². The van der Waals surface area contributed by atoms with Gasteiger partial charge in [-0.3, -0.25) is 0 Å². The largest absolute Gasteiger partial charge is 0.456 e. The minimum Gasteiger partial charge on any atom is -0.456 e. The third-order valence-corrected chi connectivity index (χ3v) is 12.7. The van der Waals surface area contributed by atoms with Gasteiger partial charge < -0.3 is 13.7 Å². The topological polar surface area (TPSA) is 29.5 Å². The molecule has 0 saturated heterocycles. The predicted octanol–water partition coefficient (Wildman–Crippen LogP) is 16.3. The maximum Gasteiger partial charge on any atom is 0.143 e. The molecule has 0 radical (unpaired) electrons. The van der Waals surface area contributed by atoms with Gasteiger partial charge in [0, 0.05) is 49.6 Å². The van der Waals surface area contributed by atoms with Gasteiger partial charge in [-0.25, -0.2) is 0 Å². The summed E-state index contributed by atoms with van der Waals surface area (Å²) in [5.74, 6) is 0. The highest BCUT2D eigenvalue weighted by Crippen LogP contribution is 2.54. The molecule has 0 saturated carbocycles. The van der Waals surface area contributed by atoms with Crippen LogP contribution in [0.3, 0.4) is 0 Å². The molecule has 0 spiro atoms. The average Bonchev–Trinajstić information content (AvgIpc) is 3.94. The summed E-state index contributed by atoms with van der Waals surface area (Å²) in [6, 6.07) is 71.9. The van der Waals surface area contributed by atoms with Crippen molar-refractivity contribution in [2.45, 2.75) is 19.3 Å². The Labute approximate surface area is 348 Å². The summed E-state index contributed by atoms with van der Waals surface area (Å²) >= 11 is 0. The fourth-order valence-electron chi connectivity index (χ4n) is 9.79. The van der Waals surface area contributed by atoms with Crippen LogP contribution in [0.5, 0.6) is 0 Å². The van der Waals surface area contributed by atoms with Gasteiger partial charge in [-0.15, -0.1) is 0 Å². The Hall–Kier alpha value is -7.62. The molecule has 1 aliphatic carbocycles. The predicted molar refractivity (Wildman–Crippen MR) is 250 cm³/mol. The van der Waals surface area contributed by atoms with E-state index in [2.05, 4.69) is 195 Å². The highest BCUT2D eigenvalue weighted by molar-refractivity contribution is 6.10. The van der Waals surface area contributed by atoms with Crippen molar-refractivity contribution in [3.8, 4) is 44.5 Å². The number of nitrogens with zero attached hydrogens (tertiary/aromatic N) is 1. The van der Waals surface area contributed by atoms with Crippen LogP contribution < -0.4 is 4.90 Å². The molecule has 0 atom stereocenters. The highest BCUT2D eigenvalue weighted by atomic mass is 16.3. The Morgan fingerprint density at radius 2 is 0.883 bits per heavy atom. The number of para-hydroxylation sites is 3. The molecule has 3 nitrogen and oxygen atoms in total. The van der Waals surface area contributed by atoms with Crippen molar-refractivity contribution in [3.63, 3.8) is 0 Å². The van der Waals surface area contributed by atoms with E-state index in [0.29, 0.717) is 0 Å². The van der Waals surface area contributed by atoms with E-state index >= 15 is 0 Å². The average molecular weight is 770 g/mol. The standard InChI is InChI=1S/C57H39NO2/c1-57(2)51-35-42(58(40-28-26-37(27-29-40)36-12-4-3-5-13-36)41-31-33-54-50(34-41)47-15-7-8-20-52(47)59-54)30-32-45(51)48-18-10-16-43(55(48)57)38-22-24-39(25-23-38)44-17-11-19-49-46-14-6-9-21-53(46)60-56(44)49/h3-35H,1-2H3. The lowest BCUT2D eigenvalue weighted by Crippen LogP contribution is -2.17. The smallest absolute Gasteiger partial charge is 0.143 e. The first-order valence-corrected chi connectivity index (χ1v) is 20.7. The lowest BCUT2D eigenvalue weighted by Gasteiger charge is -2.29. The Kier molecular flexibility index (Phi) is 7.58. The summed E-state index contributed by atoms with van der Waals surface area (Å²) in [5, 5.41) is 4.51. The molecule has 2 aromatic heterocycles. The Morgan fingerprint density at radius 3 is 1.67 bits per heavy atom. The first-order chi connectivity index (χ1) is 29.5. The van der Waals surface area contributed by atoms with Crippen LogP contribution in [-0.4, -0.2) is 0 Å². The Morgan fingerprint density at radius 1 is 0.350 bits per heavy atom. The molecular weight excluding hydrogens is 731 g/mol. The molecule has 0 fully saturated rings. The summed E-state index contributed by atoms with van der Waals surface area (Å²) < 4.78 is 12.7. The zero-order valence-electron chi connectivity index (χ0n) is 33.3. The first-order valence-electron chi connectivity index (χ1n) is 20.7. The molecule has 0 unspecified atom stereocenters. The molecule has 12 rings (SSSR count). The molecule has 0 amide bonds. The molecule has 1 aliphatic rings. The number of anilines is 3. The Balaban J connectivity index is 0.950. The lowest BCUT2D eigenvalue weighted by molar-refractivity contribution is 0.662. The van der Waals surface area contributed by atoms with E-state index in [1.54, 1.807) is 0 Å². The highest BCUT2D eigenvalue weighted by Gasteiger charge is 2.38. The van der Waals surface area contributed by atoms with Gasteiger partial charge in [0.1, 0.15) is 22.3 Å². The van der Waals surface area contributed by atoms with Crippen molar-refractivity contribution < 1.29 is 8.83 Å². The fraction of sp³-hybridized carbons (Fsp3) is 0.0526. The van der Waals surface area contributed by atoms with E-state index in [1.165, 1.54) is 44.5 Å². The third-order valence-electron chi connectivity index (χ3n) is 12.7. The molecule has 0 N–H and O–H groups in total. The van der Waals surface area contributed by atoms with Crippen LogP contribution >= 0.6 is 0 Å². The number of furan rings is 2. The van der Waals surface area contributed by atoms with E-state index in [9.17, 15) is 0 Å². The van der Waals surface area contributed by atoms with Crippen molar-refractivity contribution in [3.05, 3.63) is 211 Å². The van der Waals surface area contributed by atoms with Crippen molar-refractivity contribution in [2.24, 2.45) is 0 Å². The summed E-state index contributed by atoms with van der Waals surface area (Å²) in [7, 11) is 0. The van der Waals surface area contributed by atoms with Crippen LogP contribution in [0.25, 0.3) is 88.4 Å². The molecule has 60 heavy (non-hydrogen) atoms. The minimum absolute atomic E-state index is 0.261. The van der Waals surface area contributed by atoms with E-state index in [1.807, 2.05) is 24.3 Å². The van der Waals surface area contributed by atoms with Crippen LogP contribution in [-0.2, 0) is 5.41 Å². The number of rotatable bonds is 6. The molecule has 2 heterocycles. The molecule has 0 bridgehead atoms. The minimum atomic E-state index is -0.261. The van der Waals surface area contributed by atoms with Gasteiger partial charge in [0.05, 0.1) is 0 Å². The van der Waals surface area contributed by atoms with Crippen molar-refractivity contribution in [1.82, 2.24) is 0 Å².